The quantitative estimate of drug-likeness (QED) is 0.570. The molecule has 0 spiro atoms. The first-order chi connectivity index (χ1) is 15.4. The average Bonchev–Trinajstić information content (AvgIpc) is 2.76. The molecular formula is C22H25FN4O5. The largest absolute Gasteiger partial charge is 0.478 e. The van der Waals surface area contributed by atoms with Crippen LogP contribution in [0.4, 0.5) is 21.5 Å². The van der Waals surface area contributed by atoms with Crippen LogP contribution in [0, 0.1) is 5.82 Å². The molecule has 9 nitrogen and oxygen atoms in total. The van der Waals surface area contributed by atoms with Crippen LogP contribution in [-0.2, 0) is 14.3 Å². The standard InChI is InChI=1S/C22H25FN4O5/c1-32-14-21(29)25-19-7-6-17(12-18(19)22(30)31)27-10-8-26(9-11-27)13-20(28)24-16-4-2-15(23)3-5-16/h2-7,12H,8-11,13-14H2,1H3,(H,24,28)(H,25,29)(H,30,31). The maximum Gasteiger partial charge on any atom is 0.337 e. The third kappa shape index (κ3) is 6.25. The number of methoxy groups -OCH3 is 1. The van der Waals surface area contributed by atoms with Gasteiger partial charge in [0.15, 0.2) is 0 Å². The lowest BCUT2D eigenvalue weighted by Crippen LogP contribution is -2.48. The normalized spacial score (nSPS) is 14.1. The summed E-state index contributed by atoms with van der Waals surface area (Å²) in [5.41, 5.74) is 1.46. The summed E-state index contributed by atoms with van der Waals surface area (Å²) in [5.74, 6) is -2.13. The molecule has 1 saturated heterocycles. The van der Waals surface area contributed by atoms with E-state index in [4.69, 9.17) is 4.74 Å². The fourth-order valence-corrected chi connectivity index (χ4v) is 3.43. The van der Waals surface area contributed by atoms with Gasteiger partial charge in [0.2, 0.25) is 11.8 Å². The topological polar surface area (TPSA) is 111 Å². The molecule has 1 fully saturated rings. The Morgan fingerprint density at radius 1 is 1.00 bits per heavy atom. The van der Waals surface area contributed by atoms with E-state index in [9.17, 15) is 23.9 Å². The van der Waals surface area contributed by atoms with Gasteiger partial charge in [-0.05, 0) is 42.5 Å². The fraction of sp³-hybridized carbons (Fsp3) is 0.318. The summed E-state index contributed by atoms with van der Waals surface area (Å²) < 4.78 is 17.7. The first-order valence-corrected chi connectivity index (χ1v) is 10.0. The molecule has 0 aromatic heterocycles. The van der Waals surface area contributed by atoms with Crippen molar-refractivity contribution in [1.82, 2.24) is 4.90 Å². The fourth-order valence-electron chi connectivity index (χ4n) is 3.43. The number of aromatic carboxylic acids is 1. The predicted molar refractivity (Wildman–Crippen MR) is 118 cm³/mol. The van der Waals surface area contributed by atoms with Crippen molar-refractivity contribution in [3.8, 4) is 0 Å². The van der Waals surface area contributed by atoms with Crippen LogP contribution in [0.2, 0.25) is 0 Å². The highest BCUT2D eigenvalue weighted by molar-refractivity contribution is 6.01. The van der Waals surface area contributed by atoms with Gasteiger partial charge in [-0.1, -0.05) is 0 Å². The molecule has 2 aromatic carbocycles. The Morgan fingerprint density at radius 2 is 1.69 bits per heavy atom. The van der Waals surface area contributed by atoms with E-state index in [0.29, 0.717) is 31.9 Å². The molecule has 1 aliphatic heterocycles. The number of carboxylic acid groups (broad SMARTS) is 1. The molecule has 32 heavy (non-hydrogen) atoms. The minimum atomic E-state index is -1.14. The predicted octanol–water partition coefficient (Wildman–Crippen LogP) is 1.87. The summed E-state index contributed by atoms with van der Waals surface area (Å²) in [7, 11) is 1.38. The van der Waals surface area contributed by atoms with Gasteiger partial charge in [0.25, 0.3) is 0 Å². The number of nitrogens with zero attached hydrogens (tertiary/aromatic N) is 2. The Balaban J connectivity index is 1.56. The number of nitrogens with one attached hydrogen (secondary N) is 2. The summed E-state index contributed by atoms with van der Waals surface area (Å²) in [4.78, 5) is 39.7. The second kappa shape index (κ2) is 10.7. The third-order valence-electron chi connectivity index (χ3n) is 5.02. The number of piperazine rings is 1. The zero-order valence-corrected chi connectivity index (χ0v) is 17.6. The van der Waals surface area contributed by atoms with E-state index in [-0.39, 0.29) is 36.1 Å². The van der Waals surface area contributed by atoms with Gasteiger partial charge in [-0.25, -0.2) is 9.18 Å². The van der Waals surface area contributed by atoms with Crippen molar-refractivity contribution in [2.45, 2.75) is 0 Å². The molecule has 0 atom stereocenters. The molecule has 1 heterocycles. The number of rotatable bonds is 8. The first kappa shape index (κ1) is 23.2. The van der Waals surface area contributed by atoms with Crippen molar-refractivity contribution >= 4 is 34.8 Å². The number of benzene rings is 2. The summed E-state index contributed by atoms with van der Waals surface area (Å²) in [5, 5.41) is 14.8. The van der Waals surface area contributed by atoms with Crippen LogP contribution in [0.5, 0.6) is 0 Å². The highest BCUT2D eigenvalue weighted by Crippen LogP contribution is 2.24. The molecule has 1 aliphatic rings. The Morgan fingerprint density at radius 3 is 2.31 bits per heavy atom. The van der Waals surface area contributed by atoms with Gasteiger partial charge in [-0.2, -0.15) is 0 Å². The van der Waals surface area contributed by atoms with E-state index in [1.54, 1.807) is 12.1 Å². The lowest BCUT2D eigenvalue weighted by atomic mass is 10.1. The molecule has 0 radical (unpaired) electrons. The van der Waals surface area contributed by atoms with Crippen LogP contribution in [0.3, 0.4) is 0 Å². The number of carboxylic acids is 1. The van der Waals surface area contributed by atoms with Crippen molar-refractivity contribution in [3.63, 3.8) is 0 Å². The van der Waals surface area contributed by atoms with Gasteiger partial charge >= 0.3 is 5.97 Å². The van der Waals surface area contributed by atoms with Crippen molar-refractivity contribution in [2.24, 2.45) is 0 Å². The van der Waals surface area contributed by atoms with E-state index in [1.807, 2.05) is 9.80 Å². The number of hydrogen-bond acceptors (Lipinski definition) is 6. The molecule has 0 aliphatic carbocycles. The highest BCUT2D eigenvalue weighted by Gasteiger charge is 2.21. The van der Waals surface area contributed by atoms with Gasteiger partial charge in [0.05, 0.1) is 17.8 Å². The number of carbonyl (C=O) groups is 3. The molecule has 3 rings (SSSR count). The van der Waals surface area contributed by atoms with Gasteiger partial charge in [0.1, 0.15) is 12.4 Å². The van der Waals surface area contributed by atoms with Crippen LogP contribution < -0.4 is 15.5 Å². The first-order valence-electron chi connectivity index (χ1n) is 10.0. The molecule has 0 bridgehead atoms. The van der Waals surface area contributed by atoms with Crippen LogP contribution in [-0.4, -0.2) is 74.2 Å². The van der Waals surface area contributed by atoms with Crippen LogP contribution in [0.15, 0.2) is 42.5 Å². The third-order valence-corrected chi connectivity index (χ3v) is 5.02. The van der Waals surface area contributed by atoms with Crippen molar-refractivity contribution in [2.75, 3.05) is 62.0 Å². The Labute approximate surface area is 184 Å². The van der Waals surface area contributed by atoms with Gasteiger partial charge in [-0.15, -0.1) is 0 Å². The number of carbonyl (C=O) groups excluding carboxylic acids is 2. The van der Waals surface area contributed by atoms with Crippen LogP contribution >= 0.6 is 0 Å². The SMILES string of the molecule is COCC(=O)Nc1ccc(N2CCN(CC(=O)Nc3ccc(F)cc3)CC2)cc1C(=O)O. The summed E-state index contributed by atoms with van der Waals surface area (Å²) in [6.45, 7) is 2.49. The maximum absolute atomic E-state index is 13.0. The molecule has 2 aromatic rings. The van der Waals surface area contributed by atoms with Gasteiger partial charge in [-0.3, -0.25) is 14.5 Å². The molecule has 170 valence electrons. The molecule has 10 heteroatoms. The van der Waals surface area contributed by atoms with Crippen molar-refractivity contribution in [1.29, 1.82) is 0 Å². The number of hydrogen-bond donors (Lipinski definition) is 3. The Hall–Kier alpha value is -3.50. The van der Waals surface area contributed by atoms with E-state index in [1.165, 1.54) is 37.4 Å². The molecule has 3 N–H and O–H groups in total. The monoisotopic (exact) mass is 444 g/mol. The second-order valence-electron chi connectivity index (χ2n) is 7.33. The lowest BCUT2D eigenvalue weighted by Gasteiger charge is -2.36. The van der Waals surface area contributed by atoms with Crippen LogP contribution in [0.1, 0.15) is 10.4 Å². The van der Waals surface area contributed by atoms with E-state index < -0.39 is 11.9 Å². The van der Waals surface area contributed by atoms with E-state index in [0.717, 1.165) is 5.69 Å². The summed E-state index contributed by atoms with van der Waals surface area (Å²) in [6.07, 6.45) is 0. The summed E-state index contributed by atoms with van der Waals surface area (Å²) >= 11 is 0. The van der Waals surface area contributed by atoms with Crippen molar-refractivity contribution < 1.29 is 28.6 Å². The highest BCUT2D eigenvalue weighted by atomic mass is 19.1. The number of amides is 2. The number of ether oxygens (including phenoxy) is 1. The molecule has 0 unspecified atom stereocenters. The van der Waals surface area contributed by atoms with Gasteiger partial charge in [0, 0.05) is 44.7 Å². The molecule has 2 amide bonds. The van der Waals surface area contributed by atoms with E-state index in [2.05, 4.69) is 10.6 Å². The number of anilines is 3. The zero-order valence-electron chi connectivity index (χ0n) is 17.6. The number of halogens is 1. The average molecular weight is 444 g/mol. The van der Waals surface area contributed by atoms with Crippen molar-refractivity contribution in [3.05, 3.63) is 53.8 Å². The minimum absolute atomic E-state index is 0.00643. The summed E-state index contributed by atoms with van der Waals surface area (Å²) in [6, 6.07) is 10.4. The smallest absolute Gasteiger partial charge is 0.337 e. The minimum Gasteiger partial charge on any atom is -0.478 e. The van der Waals surface area contributed by atoms with Gasteiger partial charge < -0.3 is 25.4 Å². The second-order valence-corrected chi connectivity index (χ2v) is 7.33. The Kier molecular flexibility index (Phi) is 7.74. The maximum atomic E-state index is 13.0. The zero-order chi connectivity index (χ0) is 23.1. The lowest BCUT2D eigenvalue weighted by molar-refractivity contribution is -0.119. The molecule has 0 saturated carbocycles. The Bertz CT molecular complexity index is 975. The van der Waals surface area contributed by atoms with E-state index >= 15 is 0 Å². The van der Waals surface area contributed by atoms with Crippen LogP contribution in [0.25, 0.3) is 0 Å². The molecular weight excluding hydrogens is 419 g/mol.